The quantitative estimate of drug-likeness (QED) is 0.867. The highest BCUT2D eigenvalue weighted by Crippen LogP contribution is 2.60. The van der Waals surface area contributed by atoms with E-state index >= 15 is 0 Å². The van der Waals surface area contributed by atoms with Crippen molar-refractivity contribution in [3.05, 3.63) is 24.3 Å². The molecule has 0 aliphatic heterocycles. The van der Waals surface area contributed by atoms with E-state index in [9.17, 15) is 9.59 Å². The van der Waals surface area contributed by atoms with Crippen LogP contribution in [-0.4, -0.2) is 18.2 Å². The van der Waals surface area contributed by atoms with Crippen LogP contribution in [0, 0.1) is 29.1 Å². The molecule has 1 atom stereocenters. The van der Waals surface area contributed by atoms with Crippen LogP contribution in [0.2, 0.25) is 0 Å². The third-order valence-corrected chi connectivity index (χ3v) is 6.34. The van der Waals surface area contributed by atoms with Gasteiger partial charge in [0.15, 0.2) is 5.78 Å². The van der Waals surface area contributed by atoms with Gasteiger partial charge in [0.2, 0.25) is 5.91 Å². The van der Waals surface area contributed by atoms with Crippen molar-refractivity contribution >= 4 is 11.7 Å². The van der Waals surface area contributed by atoms with Gasteiger partial charge in [0, 0.05) is 17.9 Å². The van der Waals surface area contributed by atoms with Crippen molar-refractivity contribution in [1.29, 1.82) is 0 Å². The Kier molecular flexibility index (Phi) is 3.47. The van der Waals surface area contributed by atoms with Crippen LogP contribution >= 0.6 is 0 Å². The van der Waals surface area contributed by atoms with Crippen LogP contribution in [0.1, 0.15) is 44.9 Å². The van der Waals surface area contributed by atoms with Gasteiger partial charge in [0.1, 0.15) is 0 Å². The topological polar surface area (TPSA) is 46.2 Å². The molecule has 0 aromatic rings. The molecule has 3 nitrogen and oxygen atoms in total. The number of ketones is 1. The summed E-state index contributed by atoms with van der Waals surface area (Å²) < 4.78 is 0. The lowest BCUT2D eigenvalue weighted by atomic mass is 9.49. The van der Waals surface area contributed by atoms with Crippen molar-refractivity contribution in [2.75, 3.05) is 6.54 Å². The molecule has 5 aliphatic carbocycles. The first-order valence-corrected chi connectivity index (χ1v) is 8.82. The summed E-state index contributed by atoms with van der Waals surface area (Å²) in [6.07, 6.45) is 15.4. The summed E-state index contributed by atoms with van der Waals surface area (Å²) in [5.41, 5.74) is -0.0684. The monoisotopic (exact) mass is 299 g/mol. The van der Waals surface area contributed by atoms with Crippen molar-refractivity contribution in [2.45, 2.75) is 44.9 Å². The predicted octanol–water partition coefficient (Wildman–Crippen LogP) is 3.02. The number of nitrogens with one attached hydrogen (secondary N) is 1. The van der Waals surface area contributed by atoms with Crippen molar-refractivity contribution in [3.8, 4) is 0 Å². The van der Waals surface area contributed by atoms with Crippen LogP contribution in [0.25, 0.3) is 0 Å². The first-order chi connectivity index (χ1) is 10.6. The first-order valence-electron chi connectivity index (χ1n) is 8.82. The van der Waals surface area contributed by atoms with E-state index in [1.54, 1.807) is 12.2 Å². The van der Waals surface area contributed by atoms with Crippen LogP contribution in [0.4, 0.5) is 0 Å². The Morgan fingerprint density at radius 1 is 1.09 bits per heavy atom. The van der Waals surface area contributed by atoms with Gasteiger partial charge in [-0.2, -0.15) is 0 Å². The Bertz CT molecular complexity index is 510. The Balaban J connectivity index is 1.34. The molecular weight excluding hydrogens is 274 g/mol. The zero-order valence-corrected chi connectivity index (χ0v) is 13.1. The second-order valence-corrected chi connectivity index (χ2v) is 8.00. The summed E-state index contributed by atoms with van der Waals surface area (Å²) in [5.74, 6) is 2.77. The maximum Gasteiger partial charge on any atom is 0.226 e. The van der Waals surface area contributed by atoms with Crippen molar-refractivity contribution in [1.82, 2.24) is 5.32 Å². The molecular formula is C19H25NO2. The van der Waals surface area contributed by atoms with Gasteiger partial charge in [0.05, 0.1) is 0 Å². The minimum absolute atomic E-state index is 0.0540. The molecule has 4 bridgehead atoms. The highest BCUT2D eigenvalue weighted by atomic mass is 16.2. The molecule has 0 spiro atoms. The van der Waals surface area contributed by atoms with Crippen molar-refractivity contribution in [3.63, 3.8) is 0 Å². The lowest BCUT2D eigenvalue weighted by molar-refractivity contribution is -0.146. The highest BCUT2D eigenvalue weighted by Gasteiger charge is 2.54. The average molecular weight is 299 g/mol. The maximum atomic E-state index is 12.8. The van der Waals surface area contributed by atoms with Gasteiger partial charge >= 0.3 is 0 Å². The molecule has 3 heteroatoms. The molecule has 0 aromatic heterocycles. The van der Waals surface area contributed by atoms with Gasteiger partial charge in [-0.25, -0.2) is 0 Å². The molecule has 4 fully saturated rings. The summed E-state index contributed by atoms with van der Waals surface area (Å²) in [4.78, 5) is 24.5. The molecule has 1 unspecified atom stereocenters. The van der Waals surface area contributed by atoms with Gasteiger partial charge in [-0.05, 0) is 68.8 Å². The zero-order valence-electron chi connectivity index (χ0n) is 13.1. The SMILES string of the molecule is O=C1C=CC=CC1CCNC(=O)C12CC3CC(CC(C3)C1)C2. The zero-order chi connectivity index (χ0) is 15.2. The third-order valence-electron chi connectivity index (χ3n) is 6.34. The number of carbonyl (C=O) groups excluding carboxylic acids is 2. The first kappa shape index (κ1) is 14.2. The molecule has 118 valence electrons. The molecule has 0 aromatic carbocycles. The molecule has 22 heavy (non-hydrogen) atoms. The van der Waals surface area contributed by atoms with E-state index < -0.39 is 0 Å². The maximum absolute atomic E-state index is 12.8. The largest absolute Gasteiger partial charge is 0.356 e. The van der Waals surface area contributed by atoms with Crippen LogP contribution in [0.5, 0.6) is 0 Å². The number of rotatable bonds is 4. The summed E-state index contributed by atoms with van der Waals surface area (Å²) in [6.45, 7) is 0.620. The van der Waals surface area contributed by atoms with Crippen molar-refractivity contribution < 1.29 is 9.59 Å². The van der Waals surface area contributed by atoms with E-state index in [0.29, 0.717) is 6.54 Å². The second-order valence-electron chi connectivity index (χ2n) is 8.00. The van der Waals surface area contributed by atoms with E-state index in [4.69, 9.17) is 0 Å². The van der Waals surface area contributed by atoms with Gasteiger partial charge < -0.3 is 5.32 Å². The summed E-state index contributed by atoms with van der Waals surface area (Å²) >= 11 is 0. The highest BCUT2D eigenvalue weighted by molar-refractivity contribution is 5.94. The normalized spacial score (nSPS) is 41.9. The Morgan fingerprint density at radius 2 is 1.73 bits per heavy atom. The Labute approximate surface area is 132 Å². The molecule has 5 rings (SSSR count). The lowest BCUT2D eigenvalue weighted by Gasteiger charge is -2.55. The minimum Gasteiger partial charge on any atom is -0.356 e. The number of amides is 1. The number of hydrogen-bond donors (Lipinski definition) is 1. The fourth-order valence-corrected chi connectivity index (χ4v) is 5.72. The van der Waals surface area contributed by atoms with Gasteiger partial charge in [-0.15, -0.1) is 0 Å². The summed E-state index contributed by atoms with van der Waals surface area (Å²) in [5, 5.41) is 3.16. The second kappa shape index (κ2) is 5.36. The molecule has 4 saturated carbocycles. The van der Waals surface area contributed by atoms with E-state index in [1.807, 2.05) is 12.2 Å². The number of carbonyl (C=O) groups is 2. The molecule has 5 aliphatic rings. The van der Waals surface area contributed by atoms with Gasteiger partial charge in [0.25, 0.3) is 0 Å². The summed E-state index contributed by atoms with van der Waals surface area (Å²) in [7, 11) is 0. The van der Waals surface area contributed by atoms with E-state index in [1.165, 1.54) is 19.3 Å². The Hall–Kier alpha value is -1.38. The van der Waals surface area contributed by atoms with Gasteiger partial charge in [-0.3, -0.25) is 9.59 Å². The van der Waals surface area contributed by atoms with E-state index in [-0.39, 0.29) is 23.0 Å². The molecule has 0 saturated heterocycles. The average Bonchev–Trinajstić information content (AvgIpc) is 2.47. The molecule has 0 radical (unpaired) electrons. The Morgan fingerprint density at radius 3 is 2.32 bits per heavy atom. The molecule has 0 heterocycles. The molecule has 1 amide bonds. The smallest absolute Gasteiger partial charge is 0.226 e. The van der Waals surface area contributed by atoms with Gasteiger partial charge in [-0.1, -0.05) is 18.2 Å². The predicted molar refractivity (Wildman–Crippen MR) is 85.0 cm³/mol. The standard InChI is InChI=1S/C19H25NO2/c21-17-4-2-1-3-16(17)5-6-20-18(22)19-10-13-7-14(11-19)9-15(8-13)12-19/h1-4,13-16H,5-12H2,(H,20,22). The summed E-state index contributed by atoms with van der Waals surface area (Å²) in [6, 6.07) is 0. The van der Waals surface area contributed by atoms with E-state index in [2.05, 4.69) is 5.32 Å². The van der Waals surface area contributed by atoms with Crippen LogP contribution in [-0.2, 0) is 9.59 Å². The van der Waals surface area contributed by atoms with Crippen LogP contribution in [0.3, 0.4) is 0 Å². The number of hydrogen-bond acceptors (Lipinski definition) is 2. The van der Waals surface area contributed by atoms with Crippen LogP contribution < -0.4 is 5.32 Å². The van der Waals surface area contributed by atoms with Crippen LogP contribution in [0.15, 0.2) is 24.3 Å². The fourth-order valence-electron chi connectivity index (χ4n) is 5.72. The van der Waals surface area contributed by atoms with Crippen molar-refractivity contribution in [2.24, 2.45) is 29.1 Å². The molecule has 1 N–H and O–H groups in total. The van der Waals surface area contributed by atoms with E-state index in [0.717, 1.165) is 43.4 Å². The fraction of sp³-hybridized carbons (Fsp3) is 0.684. The minimum atomic E-state index is -0.0684. The number of allylic oxidation sites excluding steroid dienone is 4. The lowest BCUT2D eigenvalue weighted by Crippen LogP contribution is -2.53. The third kappa shape index (κ3) is 2.45.